The number of H-pyrrole nitrogens is 1. The van der Waals surface area contributed by atoms with Gasteiger partial charge in [-0.25, -0.2) is 5.43 Å². The minimum Gasteiger partial charge on any atom is -0.506 e. The van der Waals surface area contributed by atoms with Gasteiger partial charge in [0.05, 0.1) is 15.2 Å². The van der Waals surface area contributed by atoms with E-state index in [2.05, 4.69) is 63.0 Å². The molecule has 88 valence electrons. The molecule has 2 rings (SSSR count). The Hall–Kier alpha value is -1.48. The van der Waals surface area contributed by atoms with Crippen molar-refractivity contribution in [1.29, 1.82) is 0 Å². The molecule has 0 aliphatic rings. The highest BCUT2D eigenvalue weighted by molar-refractivity contribution is 9.11. The van der Waals surface area contributed by atoms with Gasteiger partial charge >= 0.3 is 0 Å². The van der Waals surface area contributed by atoms with Gasteiger partial charge in [-0.15, -0.1) is 5.10 Å². The molecule has 3 N–H and O–H groups in total. The van der Waals surface area contributed by atoms with Crippen LogP contribution in [0.25, 0.3) is 0 Å². The predicted octanol–water partition coefficient (Wildman–Crippen LogP) is 1.88. The topological polar surface area (TPSA) is 99.1 Å². The lowest BCUT2D eigenvalue weighted by Crippen LogP contribution is -1.92. The van der Waals surface area contributed by atoms with Crippen LogP contribution in [0.1, 0.15) is 5.56 Å². The van der Waals surface area contributed by atoms with Crippen LogP contribution in [0.2, 0.25) is 0 Å². The fourth-order valence-electron chi connectivity index (χ4n) is 1.03. The SMILES string of the molecule is Oc1c(Br)cc(/C=N/Nc2nn[nH]n2)cc1Br. The molecule has 0 unspecified atom stereocenters. The van der Waals surface area contributed by atoms with E-state index in [0.717, 1.165) is 5.56 Å². The fourth-order valence-corrected chi connectivity index (χ4v) is 2.26. The summed E-state index contributed by atoms with van der Waals surface area (Å²) in [6.45, 7) is 0. The van der Waals surface area contributed by atoms with Crippen LogP contribution in [-0.4, -0.2) is 31.9 Å². The van der Waals surface area contributed by atoms with Gasteiger partial charge in [-0.05, 0) is 54.8 Å². The molecule has 1 heterocycles. The van der Waals surface area contributed by atoms with Crippen LogP contribution in [0, 0.1) is 0 Å². The van der Waals surface area contributed by atoms with E-state index in [-0.39, 0.29) is 11.7 Å². The summed E-state index contributed by atoms with van der Waals surface area (Å²) >= 11 is 6.45. The molecule has 9 heteroatoms. The second-order valence-electron chi connectivity index (χ2n) is 2.94. The summed E-state index contributed by atoms with van der Waals surface area (Å²) in [5, 5.41) is 26.4. The summed E-state index contributed by atoms with van der Waals surface area (Å²) in [4.78, 5) is 0. The summed E-state index contributed by atoms with van der Waals surface area (Å²) in [5.74, 6) is 0.423. The minimum atomic E-state index is 0.147. The van der Waals surface area contributed by atoms with Crippen molar-refractivity contribution in [3.63, 3.8) is 0 Å². The van der Waals surface area contributed by atoms with Crippen molar-refractivity contribution >= 4 is 44.0 Å². The van der Waals surface area contributed by atoms with Gasteiger partial charge in [-0.2, -0.15) is 10.3 Å². The number of hydrazone groups is 1. The molecule has 0 aliphatic carbocycles. The number of phenolic OH excluding ortho intramolecular Hbond substituents is 1. The molecule has 0 fully saturated rings. The van der Waals surface area contributed by atoms with E-state index in [0.29, 0.717) is 8.95 Å². The number of tetrazole rings is 1. The number of aromatic nitrogens is 4. The van der Waals surface area contributed by atoms with Crippen molar-refractivity contribution in [2.45, 2.75) is 0 Å². The standard InChI is InChI=1S/C8H6Br2N6O/c9-5-1-4(2-6(10)7(5)17)3-11-12-8-13-15-16-14-8/h1-3,17H,(H2,12,13,14,15,16)/b11-3+. The lowest BCUT2D eigenvalue weighted by atomic mass is 10.2. The largest absolute Gasteiger partial charge is 0.506 e. The number of phenols is 1. The summed E-state index contributed by atoms with van der Waals surface area (Å²) in [7, 11) is 0. The quantitative estimate of drug-likeness (QED) is 0.572. The lowest BCUT2D eigenvalue weighted by molar-refractivity contribution is 0.468. The highest BCUT2D eigenvalue weighted by Gasteiger charge is 2.04. The molecule has 7 nitrogen and oxygen atoms in total. The summed E-state index contributed by atoms with van der Waals surface area (Å²) in [6, 6.07) is 3.45. The number of rotatable bonds is 3. The molecule has 0 spiro atoms. The van der Waals surface area contributed by atoms with Crippen LogP contribution in [0.15, 0.2) is 26.2 Å². The second-order valence-corrected chi connectivity index (χ2v) is 4.65. The van der Waals surface area contributed by atoms with Crippen LogP contribution < -0.4 is 5.43 Å². The molecule has 0 amide bonds. The minimum absolute atomic E-state index is 0.147. The van der Waals surface area contributed by atoms with E-state index >= 15 is 0 Å². The smallest absolute Gasteiger partial charge is 0.283 e. The summed E-state index contributed by atoms with van der Waals surface area (Å²) < 4.78 is 1.15. The zero-order valence-corrected chi connectivity index (χ0v) is 11.4. The first-order chi connectivity index (χ1) is 8.16. The van der Waals surface area contributed by atoms with E-state index in [1.807, 2.05) is 0 Å². The monoisotopic (exact) mass is 360 g/mol. The number of aromatic hydroxyl groups is 1. The highest BCUT2D eigenvalue weighted by atomic mass is 79.9. The molecule has 0 atom stereocenters. The normalized spacial score (nSPS) is 10.9. The number of hydrogen-bond donors (Lipinski definition) is 3. The van der Waals surface area contributed by atoms with Gasteiger partial charge in [0.25, 0.3) is 5.95 Å². The number of aromatic amines is 1. The van der Waals surface area contributed by atoms with Crippen molar-refractivity contribution in [3.8, 4) is 5.75 Å². The van der Waals surface area contributed by atoms with Crippen LogP contribution in [-0.2, 0) is 0 Å². The fraction of sp³-hybridized carbons (Fsp3) is 0. The molecule has 0 saturated heterocycles. The van der Waals surface area contributed by atoms with Crippen molar-refractivity contribution < 1.29 is 5.11 Å². The van der Waals surface area contributed by atoms with E-state index in [9.17, 15) is 5.11 Å². The summed E-state index contributed by atoms with van der Waals surface area (Å²) in [6.07, 6.45) is 1.56. The van der Waals surface area contributed by atoms with Gasteiger partial charge in [0.1, 0.15) is 5.75 Å². The van der Waals surface area contributed by atoms with Crippen LogP contribution in [0.5, 0.6) is 5.75 Å². The van der Waals surface area contributed by atoms with Crippen LogP contribution in [0.4, 0.5) is 5.95 Å². The molecule has 1 aromatic heterocycles. The average molecular weight is 362 g/mol. The van der Waals surface area contributed by atoms with E-state index in [1.54, 1.807) is 18.3 Å². The Labute approximate surface area is 113 Å². The van der Waals surface area contributed by atoms with Gasteiger partial charge < -0.3 is 5.11 Å². The third kappa shape index (κ3) is 3.01. The molecule has 0 bridgehead atoms. The highest BCUT2D eigenvalue weighted by Crippen LogP contribution is 2.32. The Bertz CT molecular complexity index is 518. The first kappa shape index (κ1) is 12.0. The number of benzene rings is 1. The Morgan fingerprint density at radius 1 is 1.35 bits per heavy atom. The molecule has 0 radical (unpaired) electrons. The number of hydrogen-bond acceptors (Lipinski definition) is 6. The molecule has 0 aliphatic heterocycles. The van der Waals surface area contributed by atoms with E-state index in [1.165, 1.54) is 0 Å². The van der Waals surface area contributed by atoms with Gasteiger partial charge in [-0.1, -0.05) is 5.10 Å². The Morgan fingerprint density at radius 3 is 2.65 bits per heavy atom. The first-order valence-electron chi connectivity index (χ1n) is 4.37. The number of nitrogens with zero attached hydrogens (tertiary/aromatic N) is 4. The van der Waals surface area contributed by atoms with Crippen molar-refractivity contribution in [3.05, 3.63) is 26.6 Å². The third-order valence-corrected chi connectivity index (χ3v) is 2.97. The number of halogens is 2. The second kappa shape index (κ2) is 5.23. The molecule has 0 saturated carbocycles. The van der Waals surface area contributed by atoms with Crippen molar-refractivity contribution in [1.82, 2.24) is 20.6 Å². The van der Waals surface area contributed by atoms with Gasteiger partial charge in [-0.3, -0.25) is 0 Å². The van der Waals surface area contributed by atoms with Crippen molar-refractivity contribution in [2.75, 3.05) is 5.43 Å². The predicted molar refractivity (Wildman–Crippen MR) is 68.9 cm³/mol. The Morgan fingerprint density at radius 2 is 2.06 bits per heavy atom. The maximum atomic E-state index is 9.52. The Kier molecular flexibility index (Phi) is 3.69. The molecule has 17 heavy (non-hydrogen) atoms. The average Bonchev–Trinajstić information content (AvgIpc) is 2.79. The van der Waals surface area contributed by atoms with Gasteiger partial charge in [0, 0.05) is 0 Å². The molecule has 2 aromatic rings. The number of anilines is 1. The van der Waals surface area contributed by atoms with E-state index < -0.39 is 0 Å². The zero-order valence-electron chi connectivity index (χ0n) is 8.22. The van der Waals surface area contributed by atoms with Crippen LogP contribution >= 0.6 is 31.9 Å². The van der Waals surface area contributed by atoms with E-state index in [4.69, 9.17) is 0 Å². The lowest BCUT2D eigenvalue weighted by Gasteiger charge is -2.01. The molecule has 1 aromatic carbocycles. The Balaban J connectivity index is 2.11. The van der Waals surface area contributed by atoms with Gasteiger partial charge in [0.15, 0.2) is 0 Å². The number of nitrogens with one attached hydrogen (secondary N) is 2. The summed E-state index contributed by atoms with van der Waals surface area (Å²) in [5.41, 5.74) is 3.38. The maximum Gasteiger partial charge on any atom is 0.283 e. The third-order valence-electron chi connectivity index (χ3n) is 1.76. The zero-order chi connectivity index (χ0) is 12.3. The molecular weight excluding hydrogens is 356 g/mol. The van der Waals surface area contributed by atoms with Gasteiger partial charge in [0.2, 0.25) is 0 Å². The maximum absolute atomic E-state index is 9.52. The van der Waals surface area contributed by atoms with Crippen LogP contribution in [0.3, 0.4) is 0 Å². The first-order valence-corrected chi connectivity index (χ1v) is 5.96. The van der Waals surface area contributed by atoms with Crippen molar-refractivity contribution in [2.24, 2.45) is 5.10 Å². The molecular formula is C8H6Br2N6O.